The minimum Gasteiger partial charge on any atom is -0.316 e. The molecule has 1 heterocycles. The Labute approximate surface area is 98.0 Å². The summed E-state index contributed by atoms with van der Waals surface area (Å²) in [5.41, 5.74) is 0.631. The van der Waals surface area contributed by atoms with Crippen molar-refractivity contribution in [1.82, 2.24) is 10.6 Å². The van der Waals surface area contributed by atoms with Crippen molar-refractivity contribution in [3.8, 4) is 0 Å². The predicted octanol–water partition coefficient (Wildman–Crippen LogP) is 1.72. The van der Waals surface area contributed by atoms with Crippen LogP contribution in [0.3, 0.4) is 0 Å². The van der Waals surface area contributed by atoms with Gasteiger partial charge in [-0.1, -0.05) is 13.8 Å². The first-order valence-corrected chi connectivity index (χ1v) is 7.36. The summed E-state index contributed by atoms with van der Waals surface area (Å²) < 4.78 is 0. The van der Waals surface area contributed by atoms with E-state index >= 15 is 0 Å². The molecule has 2 atom stereocenters. The van der Waals surface area contributed by atoms with Gasteiger partial charge in [0.2, 0.25) is 0 Å². The maximum atomic E-state index is 3.60. The molecule has 1 saturated heterocycles. The number of hydrogen-bond donors (Lipinski definition) is 2. The van der Waals surface area contributed by atoms with E-state index in [4.69, 9.17) is 0 Å². The average Bonchev–Trinajstić information content (AvgIpc) is 2.83. The second-order valence-corrected chi connectivity index (χ2v) is 6.76. The lowest BCUT2D eigenvalue weighted by Crippen LogP contribution is -2.39. The van der Waals surface area contributed by atoms with E-state index in [1.54, 1.807) is 0 Å². The van der Waals surface area contributed by atoms with Crippen LogP contribution >= 0.6 is 11.8 Å². The van der Waals surface area contributed by atoms with Crippen molar-refractivity contribution < 1.29 is 0 Å². The summed E-state index contributed by atoms with van der Waals surface area (Å²) in [7, 11) is 0. The lowest BCUT2D eigenvalue weighted by atomic mass is 10.1. The summed E-state index contributed by atoms with van der Waals surface area (Å²) in [6.45, 7) is 8.36. The highest BCUT2D eigenvalue weighted by Gasteiger charge is 2.44. The molecule has 0 aromatic carbocycles. The molecule has 0 amide bonds. The second kappa shape index (κ2) is 5.07. The van der Waals surface area contributed by atoms with Crippen LogP contribution in [0.5, 0.6) is 0 Å². The number of hydrogen-bond acceptors (Lipinski definition) is 3. The lowest BCUT2D eigenvalue weighted by Gasteiger charge is -2.23. The molecule has 88 valence electrons. The molecule has 2 rings (SSSR count). The van der Waals surface area contributed by atoms with Crippen LogP contribution in [-0.2, 0) is 0 Å². The first-order chi connectivity index (χ1) is 7.18. The monoisotopic (exact) mass is 228 g/mol. The fourth-order valence-corrected chi connectivity index (χ4v) is 3.28. The van der Waals surface area contributed by atoms with Crippen LogP contribution in [0, 0.1) is 11.3 Å². The van der Waals surface area contributed by atoms with Crippen LogP contribution in [0.25, 0.3) is 0 Å². The Kier molecular flexibility index (Phi) is 3.97. The Balaban J connectivity index is 1.48. The summed E-state index contributed by atoms with van der Waals surface area (Å²) in [6.07, 6.45) is 2.71. The van der Waals surface area contributed by atoms with Crippen LogP contribution < -0.4 is 10.6 Å². The lowest BCUT2D eigenvalue weighted by molar-refractivity contribution is 0.477. The van der Waals surface area contributed by atoms with Gasteiger partial charge in [-0.25, -0.2) is 0 Å². The maximum absolute atomic E-state index is 3.60. The molecule has 15 heavy (non-hydrogen) atoms. The van der Waals surface area contributed by atoms with Crippen LogP contribution in [0.2, 0.25) is 0 Å². The Morgan fingerprint density at radius 1 is 1.47 bits per heavy atom. The minimum atomic E-state index is 0.631. The normalized spacial score (nSPS) is 34.0. The molecule has 2 fully saturated rings. The van der Waals surface area contributed by atoms with E-state index in [9.17, 15) is 0 Å². The van der Waals surface area contributed by atoms with Crippen molar-refractivity contribution in [3.05, 3.63) is 0 Å². The number of thioether (sulfide) groups is 1. The molecular formula is C12H24N2S. The molecule has 2 nitrogen and oxygen atoms in total. The first kappa shape index (κ1) is 11.7. The zero-order valence-corrected chi connectivity index (χ0v) is 10.8. The summed E-state index contributed by atoms with van der Waals surface area (Å²) >= 11 is 2.09. The molecule has 0 spiro atoms. The van der Waals surface area contributed by atoms with Crippen molar-refractivity contribution in [2.45, 2.75) is 32.7 Å². The Morgan fingerprint density at radius 3 is 2.87 bits per heavy atom. The number of nitrogens with one attached hydrogen (secondary N) is 2. The zero-order valence-electron chi connectivity index (χ0n) is 10.0. The van der Waals surface area contributed by atoms with E-state index in [0.29, 0.717) is 5.41 Å². The molecule has 1 saturated carbocycles. The van der Waals surface area contributed by atoms with Crippen molar-refractivity contribution in [3.63, 3.8) is 0 Å². The average molecular weight is 228 g/mol. The van der Waals surface area contributed by atoms with E-state index in [1.807, 2.05) is 0 Å². The van der Waals surface area contributed by atoms with E-state index in [-0.39, 0.29) is 0 Å². The molecule has 0 aromatic rings. The highest BCUT2D eigenvalue weighted by molar-refractivity contribution is 7.99. The van der Waals surface area contributed by atoms with E-state index < -0.39 is 0 Å². The number of rotatable bonds is 5. The van der Waals surface area contributed by atoms with E-state index in [0.717, 1.165) is 12.0 Å². The van der Waals surface area contributed by atoms with Gasteiger partial charge in [0.15, 0.2) is 0 Å². The zero-order chi connectivity index (χ0) is 10.7. The van der Waals surface area contributed by atoms with Gasteiger partial charge in [-0.05, 0) is 37.3 Å². The van der Waals surface area contributed by atoms with Gasteiger partial charge in [0.1, 0.15) is 0 Å². The van der Waals surface area contributed by atoms with Gasteiger partial charge in [0.25, 0.3) is 0 Å². The van der Waals surface area contributed by atoms with Gasteiger partial charge < -0.3 is 10.6 Å². The Hall–Kier alpha value is 0.270. The van der Waals surface area contributed by atoms with Crippen LogP contribution in [-0.4, -0.2) is 37.2 Å². The van der Waals surface area contributed by atoms with Gasteiger partial charge in [-0.3, -0.25) is 0 Å². The molecule has 0 bridgehead atoms. The highest BCUT2D eigenvalue weighted by Crippen LogP contribution is 2.50. The topological polar surface area (TPSA) is 24.1 Å². The first-order valence-electron chi connectivity index (χ1n) is 6.20. The van der Waals surface area contributed by atoms with E-state index in [1.165, 1.54) is 44.0 Å². The summed E-state index contributed by atoms with van der Waals surface area (Å²) in [5.74, 6) is 3.53. The summed E-state index contributed by atoms with van der Waals surface area (Å²) in [5, 5.41) is 7.18. The van der Waals surface area contributed by atoms with Crippen molar-refractivity contribution in [1.29, 1.82) is 0 Å². The van der Waals surface area contributed by atoms with Gasteiger partial charge in [0, 0.05) is 24.1 Å². The Bertz CT molecular complexity index is 200. The molecule has 2 N–H and O–H groups in total. The van der Waals surface area contributed by atoms with Crippen LogP contribution in [0.1, 0.15) is 26.7 Å². The smallest absolute Gasteiger partial charge is 0.0170 e. The van der Waals surface area contributed by atoms with E-state index in [2.05, 4.69) is 36.2 Å². The van der Waals surface area contributed by atoms with Gasteiger partial charge in [-0.15, -0.1) is 0 Å². The summed E-state index contributed by atoms with van der Waals surface area (Å²) in [6, 6.07) is 0.753. The van der Waals surface area contributed by atoms with Crippen molar-refractivity contribution in [2.24, 2.45) is 11.3 Å². The molecule has 0 radical (unpaired) electrons. The van der Waals surface area contributed by atoms with Gasteiger partial charge >= 0.3 is 0 Å². The highest BCUT2D eigenvalue weighted by atomic mass is 32.2. The molecule has 3 heteroatoms. The fraction of sp³-hybridized carbons (Fsp3) is 1.00. The maximum Gasteiger partial charge on any atom is 0.0170 e. The molecule has 0 aromatic heterocycles. The standard InChI is InChI=1S/C12H24N2S/c1-12(2)7-10(12)8-13-4-3-11-9-15-6-5-14-11/h10-11,13-14H,3-9H2,1-2H3. The predicted molar refractivity (Wildman–Crippen MR) is 68.5 cm³/mol. The quantitative estimate of drug-likeness (QED) is 0.701. The van der Waals surface area contributed by atoms with Gasteiger partial charge in [-0.2, -0.15) is 11.8 Å². The minimum absolute atomic E-state index is 0.631. The third kappa shape index (κ3) is 3.65. The fourth-order valence-electron chi connectivity index (χ4n) is 2.28. The molecule has 2 aliphatic rings. The summed E-state index contributed by atoms with van der Waals surface area (Å²) in [4.78, 5) is 0. The Morgan fingerprint density at radius 2 is 2.27 bits per heavy atom. The van der Waals surface area contributed by atoms with Crippen molar-refractivity contribution >= 4 is 11.8 Å². The molecule has 1 aliphatic heterocycles. The third-order valence-corrected chi connectivity index (χ3v) is 4.91. The molecule has 1 aliphatic carbocycles. The van der Waals surface area contributed by atoms with Crippen LogP contribution in [0.4, 0.5) is 0 Å². The molecular weight excluding hydrogens is 204 g/mol. The SMILES string of the molecule is CC1(C)CC1CNCCC1CSCCN1. The second-order valence-electron chi connectivity index (χ2n) is 5.61. The molecule has 2 unspecified atom stereocenters. The third-order valence-electron chi connectivity index (χ3n) is 3.78. The van der Waals surface area contributed by atoms with Gasteiger partial charge in [0.05, 0.1) is 0 Å². The van der Waals surface area contributed by atoms with Crippen LogP contribution in [0.15, 0.2) is 0 Å². The largest absolute Gasteiger partial charge is 0.316 e. The van der Waals surface area contributed by atoms with Crippen molar-refractivity contribution in [2.75, 3.05) is 31.1 Å².